The number of nitrogens with zero attached hydrogens (tertiary/aromatic N) is 1. The summed E-state index contributed by atoms with van der Waals surface area (Å²) >= 11 is 3.42. The lowest BCUT2D eigenvalue weighted by atomic mass is 10.1. The predicted molar refractivity (Wildman–Crippen MR) is 103 cm³/mol. The number of halogens is 1. The van der Waals surface area contributed by atoms with Gasteiger partial charge in [-0.2, -0.15) is 0 Å². The maximum Gasteiger partial charge on any atom is 0.329 e. The zero-order valence-electron chi connectivity index (χ0n) is 13.9. The second-order valence-electron chi connectivity index (χ2n) is 5.65. The van der Waals surface area contributed by atoms with Crippen LogP contribution in [0.4, 0.5) is 4.79 Å². The molecule has 3 rings (SSSR count). The topological polar surface area (TPSA) is 58.6 Å². The molecule has 0 radical (unpaired) electrons. The Kier molecular flexibility index (Phi) is 5.53. The fourth-order valence-corrected chi connectivity index (χ4v) is 2.90. The minimum absolute atomic E-state index is 0.165. The summed E-state index contributed by atoms with van der Waals surface area (Å²) in [6.07, 6.45) is 3.13. The number of ether oxygens (including phenoxy) is 1. The first-order valence-corrected chi connectivity index (χ1v) is 8.79. The van der Waals surface area contributed by atoms with Gasteiger partial charge >= 0.3 is 6.03 Å². The van der Waals surface area contributed by atoms with Gasteiger partial charge in [0.25, 0.3) is 5.91 Å². The van der Waals surface area contributed by atoms with Crippen LogP contribution in [-0.4, -0.2) is 23.4 Å². The molecule has 5 nitrogen and oxygen atoms in total. The third-order valence-corrected chi connectivity index (χ3v) is 4.28. The Bertz CT molecular complexity index is 878. The largest absolute Gasteiger partial charge is 0.488 e. The maximum absolute atomic E-state index is 12.4. The number of urea groups is 1. The van der Waals surface area contributed by atoms with Crippen molar-refractivity contribution in [2.45, 2.75) is 6.61 Å². The Morgan fingerprint density at radius 3 is 2.65 bits per heavy atom. The summed E-state index contributed by atoms with van der Waals surface area (Å²) in [7, 11) is 0. The van der Waals surface area contributed by atoms with Crippen LogP contribution < -0.4 is 10.1 Å². The molecule has 0 bridgehead atoms. The molecular formula is C20H17BrN2O3. The average Bonchev–Trinajstić information content (AvgIpc) is 2.90. The third-order valence-electron chi connectivity index (χ3n) is 3.78. The lowest BCUT2D eigenvalue weighted by Crippen LogP contribution is -2.30. The van der Waals surface area contributed by atoms with E-state index in [-0.39, 0.29) is 18.1 Å². The van der Waals surface area contributed by atoms with Gasteiger partial charge in [-0.05, 0) is 29.8 Å². The summed E-state index contributed by atoms with van der Waals surface area (Å²) in [4.78, 5) is 25.4. The van der Waals surface area contributed by atoms with Crippen molar-refractivity contribution in [3.8, 4) is 5.75 Å². The minimum atomic E-state index is -0.456. The van der Waals surface area contributed by atoms with Crippen molar-refractivity contribution in [2.75, 3.05) is 6.54 Å². The molecule has 2 aromatic rings. The lowest BCUT2D eigenvalue weighted by Gasteiger charge is -2.10. The molecule has 1 aliphatic heterocycles. The van der Waals surface area contributed by atoms with Gasteiger partial charge in [-0.15, -0.1) is 6.58 Å². The van der Waals surface area contributed by atoms with Gasteiger partial charge in [-0.1, -0.05) is 52.3 Å². The summed E-state index contributed by atoms with van der Waals surface area (Å²) in [5, 5.41) is 2.59. The van der Waals surface area contributed by atoms with Gasteiger partial charge < -0.3 is 10.1 Å². The Morgan fingerprint density at radius 1 is 1.15 bits per heavy atom. The number of carbonyl (C=O) groups is 2. The smallest absolute Gasteiger partial charge is 0.329 e. The fraction of sp³-hybridized carbons (Fsp3) is 0.100. The van der Waals surface area contributed by atoms with Crippen LogP contribution in [0.15, 0.2) is 71.4 Å². The molecule has 26 heavy (non-hydrogen) atoms. The van der Waals surface area contributed by atoms with E-state index in [1.807, 2.05) is 48.5 Å². The quantitative estimate of drug-likeness (QED) is 0.441. The van der Waals surface area contributed by atoms with Crippen molar-refractivity contribution < 1.29 is 14.3 Å². The number of imide groups is 1. The highest BCUT2D eigenvalue weighted by molar-refractivity contribution is 9.10. The molecule has 0 aliphatic carbocycles. The normalized spacial score (nSPS) is 15.3. The van der Waals surface area contributed by atoms with Crippen LogP contribution in [0, 0.1) is 0 Å². The number of rotatable bonds is 6. The molecule has 3 amide bonds. The second kappa shape index (κ2) is 8.01. The lowest BCUT2D eigenvalue weighted by molar-refractivity contribution is -0.122. The van der Waals surface area contributed by atoms with Crippen molar-refractivity contribution in [3.05, 3.63) is 82.5 Å². The standard InChI is InChI=1S/C20H17BrN2O3/c1-2-10-23-19(24)17(22-20(23)25)12-15-11-16(21)8-9-18(15)26-13-14-6-4-3-5-7-14/h2-9,11-12H,1,10,13H2,(H,22,25)/b17-12+. The van der Waals surface area contributed by atoms with Crippen molar-refractivity contribution >= 4 is 33.9 Å². The Hall–Kier alpha value is -2.86. The van der Waals surface area contributed by atoms with Crippen LogP contribution in [0.2, 0.25) is 0 Å². The van der Waals surface area contributed by atoms with E-state index in [2.05, 4.69) is 27.8 Å². The summed E-state index contributed by atoms with van der Waals surface area (Å²) in [6.45, 7) is 4.13. The highest BCUT2D eigenvalue weighted by atomic mass is 79.9. The van der Waals surface area contributed by atoms with E-state index < -0.39 is 6.03 Å². The first-order valence-electron chi connectivity index (χ1n) is 8.00. The predicted octanol–water partition coefficient (Wildman–Crippen LogP) is 4.11. The molecule has 0 saturated carbocycles. The van der Waals surface area contributed by atoms with E-state index >= 15 is 0 Å². The number of carbonyl (C=O) groups excluding carboxylic acids is 2. The van der Waals surface area contributed by atoms with E-state index in [1.54, 1.807) is 6.08 Å². The van der Waals surface area contributed by atoms with Crippen molar-refractivity contribution in [3.63, 3.8) is 0 Å². The zero-order chi connectivity index (χ0) is 18.5. The van der Waals surface area contributed by atoms with Gasteiger partial charge in [-0.25, -0.2) is 4.79 Å². The van der Waals surface area contributed by atoms with Gasteiger partial charge in [0.1, 0.15) is 18.1 Å². The van der Waals surface area contributed by atoms with Gasteiger partial charge in [0.15, 0.2) is 0 Å². The van der Waals surface area contributed by atoms with Crippen LogP contribution in [0.25, 0.3) is 6.08 Å². The summed E-state index contributed by atoms with van der Waals surface area (Å²) in [5.74, 6) is 0.234. The molecule has 0 aromatic heterocycles. The highest BCUT2D eigenvalue weighted by Crippen LogP contribution is 2.27. The Balaban J connectivity index is 1.85. The van der Waals surface area contributed by atoms with E-state index in [4.69, 9.17) is 4.74 Å². The van der Waals surface area contributed by atoms with Crippen LogP contribution >= 0.6 is 15.9 Å². The van der Waals surface area contributed by atoms with Crippen molar-refractivity contribution in [1.29, 1.82) is 0 Å². The first-order chi connectivity index (χ1) is 12.6. The average molecular weight is 413 g/mol. The number of benzene rings is 2. The zero-order valence-corrected chi connectivity index (χ0v) is 15.5. The van der Waals surface area contributed by atoms with Crippen LogP contribution in [0.1, 0.15) is 11.1 Å². The molecule has 1 N–H and O–H groups in total. The molecular weight excluding hydrogens is 396 g/mol. The highest BCUT2D eigenvalue weighted by Gasteiger charge is 2.32. The summed E-state index contributed by atoms with van der Waals surface area (Å²) in [6, 6.07) is 14.9. The van der Waals surface area contributed by atoms with Gasteiger partial charge in [-0.3, -0.25) is 9.69 Å². The number of amides is 3. The van der Waals surface area contributed by atoms with E-state index in [1.165, 1.54) is 6.08 Å². The van der Waals surface area contributed by atoms with Gasteiger partial charge in [0.05, 0.1) is 0 Å². The monoisotopic (exact) mass is 412 g/mol. The first kappa shape index (κ1) is 17.9. The molecule has 1 heterocycles. The third kappa shape index (κ3) is 4.03. The molecule has 0 unspecified atom stereocenters. The van der Waals surface area contributed by atoms with Crippen molar-refractivity contribution in [1.82, 2.24) is 10.2 Å². The maximum atomic E-state index is 12.4. The summed E-state index contributed by atoms with van der Waals surface area (Å²) < 4.78 is 6.75. The molecule has 0 atom stereocenters. The number of nitrogens with one attached hydrogen (secondary N) is 1. The summed E-state index contributed by atoms with van der Waals surface area (Å²) in [5.41, 5.74) is 1.94. The van der Waals surface area contributed by atoms with Crippen molar-refractivity contribution in [2.24, 2.45) is 0 Å². The molecule has 0 spiro atoms. The van der Waals surface area contributed by atoms with E-state index in [0.717, 1.165) is 14.9 Å². The molecule has 6 heteroatoms. The Morgan fingerprint density at radius 2 is 1.92 bits per heavy atom. The number of hydrogen-bond acceptors (Lipinski definition) is 3. The van der Waals surface area contributed by atoms with Gasteiger partial charge in [0, 0.05) is 16.6 Å². The van der Waals surface area contributed by atoms with Crippen LogP contribution in [0.3, 0.4) is 0 Å². The van der Waals surface area contributed by atoms with E-state index in [9.17, 15) is 9.59 Å². The van der Waals surface area contributed by atoms with Crippen LogP contribution in [0.5, 0.6) is 5.75 Å². The molecule has 1 aliphatic rings. The van der Waals surface area contributed by atoms with E-state index in [0.29, 0.717) is 17.9 Å². The molecule has 1 saturated heterocycles. The number of hydrogen-bond donors (Lipinski definition) is 1. The molecule has 132 valence electrons. The fourth-order valence-electron chi connectivity index (χ4n) is 2.52. The Labute approximate surface area is 160 Å². The SMILES string of the molecule is C=CCN1C(=O)N/C(=C/c2cc(Br)ccc2OCc2ccccc2)C1=O. The molecule has 1 fully saturated rings. The van der Waals surface area contributed by atoms with Gasteiger partial charge in [0.2, 0.25) is 0 Å². The van der Waals surface area contributed by atoms with Crippen LogP contribution in [-0.2, 0) is 11.4 Å². The second-order valence-corrected chi connectivity index (χ2v) is 6.56. The molecule has 2 aromatic carbocycles. The minimum Gasteiger partial charge on any atom is -0.488 e.